The van der Waals surface area contributed by atoms with Crippen LogP contribution in [0.4, 0.5) is 0 Å². The first-order chi connectivity index (χ1) is 10.2. The molecule has 1 aromatic heterocycles. The zero-order valence-electron chi connectivity index (χ0n) is 11.1. The monoisotopic (exact) mass is 297 g/mol. The number of ketones is 1. The molecule has 0 aliphatic carbocycles. The number of Topliss-reactive ketones (excluding diaryl/α,β-unsaturated/α-hetero) is 1. The van der Waals surface area contributed by atoms with Gasteiger partial charge >= 0.3 is 0 Å². The second-order valence-electron chi connectivity index (χ2n) is 4.60. The molecule has 4 nitrogen and oxygen atoms in total. The van der Waals surface area contributed by atoms with Crippen LogP contribution >= 0.6 is 11.6 Å². The maximum absolute atomic E-state index is 12.2. The molecule has 0 saturated carbocycles. The van der Waals surface area contributed by atoms with Crippen LogP contribution in [0.15, 0.2) is 60.8 Å². The molecule has 0 bridgehead atoms. The molecule has 0 atom stereocenters. The SMILES string of the molecule is O=C(Cn1cc(-c2ccccc2)nn1)c1cccc(Cl)c1. The van der Waals surface area contributed by atoms with E-state index in [4.69, 9.17) is 11.6 Å². The lowest BCUT2D eigenvalue weighted by atomic mass is 10.1. The first kappa shape index (κ1) is 13.5. The summed E-state index contributed by atoms with van der Waals surface area (Å²) >= 11 is 5.89. The Balaban J connectivity index is 1.77. The predicted octanol–water partition coefficient (Wildman–Crippen LogP) is 3.48. The van der Waals surface area contributed by atoms with Crippen LogP contribution < -0.4 is 0 Å². The minimum Gasteiger partial charge on any atom is -0.292 e. The van der Waals surface area contributed by atoms with Crippen LogP contribution in [0.1, 0.15) is 10.4 Å². The quantitative estimate of drug-likeness (QED) is 0.693. The second kappa shape index (κ2) is 5.89. The summed E-state index contributed by atoms with van der Waals surface area (Å²) < 4.78 is 1.53. The minimum atomic E-state index is -0.0537. The third kappa shape index (κ3) is 3.17. The van der Waals surface area contributed by atoms with Crippen molar-refractivity contribution in [2.75, 3.05) is 0 Å². The molecule has 0 spiro atoms. The van der Waals surface area contributed by atoms with Crippen molar-refractivity contribution in [2.24, 2.45) is 0 Å². The van der Waals surface area contributed by atoms with Crippen LogP contribution in [0.2, 0.25) is 5.02 Å². The Bertz CT molecular complexity index is 768. The number of hydrogen-bond acceptors (Lipinski definition) is 3. The smallest absolute Gasteiger partial charge is 0.184 e. The Labute approximate surface area is 127 Å². The number of carbonyl (C=O) groups excluding carboxylic acids is 1. The molecular weight excluding hydrogens is 286 g/mol. The lowest BCUT2D eigenvalue weighted by Gasteiger charge is -2.01. The molecular formula is C16H12ClN3O. The van der Waals surface area contributed by atoms with Crippen molar-refractivity contribution in [3.63, 3.8) is 0 Å². The molecule has 2 aromatic carbocycles. The van der Waals surface area contributed by atoms with Gasteiger partial charge in [0.25, 0.3) is 0 Å². The average molecular weight is 298 g/mol. The van der Waals surface area contributed by atoms with Crippen LogP contribution in [0.5, 0.6) is 0 Å². The summed E-state index contributed by atoms with van der Waals surface area (Å²) in [6.45, 7) is 0.139. The molecule has 0 amide bonds. The zero-order chi connectivity index (χ0) is 14.7. The normalized spacial score (nSPS) is 10.5. The standard InChI is InChI=1S/C16H12ClN3O/c17-14-8-4-7-13(9-14)16(21)11-20-10-15(18-19-20)12-5-2-1-3-6-12/h1-10H,11H2. The Kier molecular flexibility index (Phi) is 3.79. The lowest BCUT2D eigenvalue weighted by Crippen LogP contribution is -2.10. The fraction of sp³-hybridized carbons (Fsp3) is 0.0625. The van der Waals surface area contributed by atoms with E-state index in [0.29, 0.717) is 10.6 Å². The van der Waals surface area contributed by atoms with Gasteiger partial charge in [0.05, 0.1) is 6.20 Å². The van der Waals surface area contributed by atoms with E-state index >= 15 is 0 Å². The van der Waals surface area contributed by atoms with Gasteiger partial charge in [0, 0.05) is 16.1 Å². The van der Waals surface area contributed by atoms with Gasteiger partial charge in [0.1, 0.15) is 12.2 Å². The lowest BCUT2D eigenvalue weighted by molar-refractivity contribution is 0.0967. The van der Waals surface area contributed by atoms with Crippen LogP contribution in [-0.2, 0) is 6.54 Å². The minimum absolute atomic E-state index is 0.0537. The van der Waals surface area contributed by atoms with Crippen LogP contribution in [0, 0.1) is 0 Å². The molecule has 0 aliphatic heterocycles. The summed E-state index contributed by atoms with van der Waals surface area (Å²) in [7, 11) is 0. The number of nitrogens with zero attached hydrogens (tertiary/aromatic N) is 3. The van der Waals surface area contributed by atoms with Crippen molar-refractivity contribution in [1.82, 2.24) is 15.0 Å². The van der Waals surface area contributed by atoms with Gasteiger partial charge in [0.2, 0.25) is 0 Å². The van der Waals surface area contributed by atoms with Gasteiger partial charge in [0.15, 0.2) is 5.78 Å². The van der Waals surface area contributed by atoms with E-state index < -0.39 is 0 Å². The van der Waals surface area contributed by atoms with Crippen LogP contribution in [0.25, 0.3) is 11.3 Å². The van der Waals surface area contributed by atoms with Gasteiger partial charge in [-0.3, -0.25) is 4.79 Å². The first-order valence-electron chi connectivity index (χ1n) is 6.47. The molecule has 3 aromatic rings. The van der Waals surface area contributed by atoms with Gasteiger partial charge < -0.3 is 0 Å². The largest absolute Gasteiger partial charge is 0.292 e. The van der Waals surface area contributed by atoms with Gasteiger partial charge in [-0.2, -0.15) is 0 Å². The summed E-state index contributed by atoms with van der Waals surface area (Å²) in [4.78, 5) is 12.2. The van der Waals surface area contributed by atoms with Crippen LogP contribution in [0.3, 0.4) is 0 Å². The molecule has 0 fully saturated rings. The first-order valence-corrected chi connectivity index (χ1v) is 6.84. The molecule has 104 valence electrons. The van der Waals surface area contributed by atoms with E-state index in [1.165, 1.54) is 4.68 Å². The van der Waals surface area contributed by atoms with Crippen molar-refractivity contribution in [3.05, 3.63) is 71.4 Å². The van der Waals surface area contributed by atoms with Crippen molar-refractivity contribution < 1.29 is 4.79 Å². The maximum Gasteiger partial charge on any atom is 0.184 e. The van der Waals surface area contributed by atoms with Crippen molar-refractivity contribution in [3.8, 4) is 11.3 Å². The van der Waals surface area contributed by atoms with Crippen molar-refractivity contribution in [1.29, 1.82) is 0 Å². The number of hydrogen-bond donors (Lipinski definition) is 0. The van der Waals surface area contributed by atoms with E-state index in [2.05, 4.69) is 10.3 Å². The molecule has 3 rings (SSSR count). The van der Waals surface area contributed by atoms with Gasteiger partial charge in [-0.15, -0.1) is 5.10 Å². The van der Waals surface area contributed by atoms with E-state index in [9.17, 15) is 4.79 Å². The molecule has 1 heterocycles. The average Bonchev–Trinajstić information content (AvgIpc) is 2.97. The summed E-state index contributed by atoms with van der Waals surface area (Å²) in [6.07, 6.45) is 1.76. The van der Waals surface area contributed by atoms with Crippen molar-refractivity contribution >= 4 is 17.4 Å². The Morgan fingerprint density at radius 1 is 1.10 bits per heavy atom. The maximum atomic E-state index is 12.2. The molecule has 5 heteroatoms. The third-order valence-corrected chi connectivity index (χ3v) is 3.30. The zero-order valence-corrected chi connectivity index (χ0v) is 11.9. The van der Waals surface area contributed by atoms with E-state index in [0.717, 1.165) is 11.3 Å². The van der Waals surface area contributed by atoms with Crippen LogP contribution in [-0.4, -0.2) is 20.8 Å². The highest BCUT2D eigenvalue weighted by Crippen LogP contribution is 2.15. The highest BCUT2D eigenvalue weighted by Gasteiger charge is 2.10. The molecule has 0 N–H and O–H groups in total. The number of rotatable bonds is 4. The third-order valence-electron chi connectivity index (χ3n) is 3.06. The van der Waals surface area contributed by atoms with Crippen molar-refractivity contribution in [2.45, 2.75) is 6.54 Å². The summed E-state index contributed by atoms with van der Waals surface area (Å²) in [5.41, 5.74) is 2.28. The highest BCUT2D eigenvalue weighted by atomic mass is 35.5. The van der Waals surface area contributed by atoms with Gasteiger partial charge in [-0.25, -0.2) is 4.68 Å². The number of benzene rings is 2. The second-order valence-corrected chi connectivity index (χ2v) is 5.04. The fourth-order valence-corrected chi connectivity index (χ4v) is 2.21. The molecule has 0 aliphatic rings. The van der Waals surface area contributed by atoms with E-state index in [1.54, 1.807) is 30.5 Å². The molecule has 0 saturated heterocycles. The molecule has 21 heavy (non-hydrogen) atoms. The summed E-state index contributed by atoms with van der Waals surface area (Å²) in [6, 6.07) is 16.6. The van der Waals surface area contributed by atoms with Gasteiger partial charge in [-0.1, -0.05) is 59.3 Å². The summed E-state index contributed by atoms with van der Waals surface area (Å²) in [5, 5.41) is 8.62. The van der Waals surface area contributed by atoms with E-state index in [1.807, 2.05) is 30.3 Å². The number of carbonyl (C=O) groups is 1. The Hall–Kier alpha value is -2.46. The highest BCUT2D eigenvalue weighted by molar-refractivity contribution is 6.31. The Morgan fingerprint density at radius 3 is 2.67 bits per heavy atom. The fourth-order valence-electron chi connectivity index (χ4n) is 2.02. The summed E-state index contributed by atoms with van der Waals surface area (Å²) in [5.74, 6) is -0.0537. The van der Waals surface area contributed by atoms with E-state index in [-0.39, 0.29) is 12.3 Å². The number of aromatic nitrogens is 3. The molecule has 0 unspecified atom stereocenters. The molecule has 0 radical (unpaired) electrons. The predicted molar refractivity (Wildman–Crippen MR) is 81.2 cm³/mol. The number of halogens is 1. The topological polar surface area (TPSA) is 47.8 Å². The Morgan fingerprint density at radius 2 is 1.90 bits per heavy atom. The van der Waals surface area contributed by atoms with Gasteiger partial charge in [-0.05, 0) is 12.1 Å².